The summed E-state index contributed by atoms with van der Waals surface area (Å²) in [6, 6.07) is 8.54. The summed E-state index contributed by atoms with van der Waals surface area (Å²) in [5.41, 5.74) is 4.12. The van der Waals surface area contributed by atoms with Gasteiger partial charge in [-0.05, 0) is 19.9 Å². The number of rotatable bonds is 5. The fourth-order valence-corrected chi connectivity index (χ4v) is 2.66. The Labute approximate surface area is 112 Å². The molecule has 1 unspecified atom stereocenters. The molecule has 2 rings (SSSR count). The second-order valence-corrected chi connectivity index (χ2v) is 4.98. The maximum absolute atomic E-state index is 5.39. The molecule has 0 spiro atoms. The van der Waals surface area contributed by atoms with Crippen molar-refractivity contribution < 1.29 is 4.74 Å². The molecule has 0 saturated carbocycles. The Kier molecular flexibility index (Phi) is 4.33. The van der Waals surface area contributed by atoms with Gasteiger partial charge in [0.2, 0.25) is 0 Å². The first kappa shape index (κ1) is 13.1. The van der Waals surface area contributed by atoms with E-state index >= 15 is 0 Å². The standard InChI is InChI=1S/C14H18N2OS/c1-10(12-6-4-5-7-14(12)17-3)16-11(2)13-8-18-9-15-13/h4-11,16H,1-3H3/t10-,11?/m0/s1. The lowest BCUT2D eigenvalue weighted by Gasteiger charge is -2.20. The van der Waals surface area contributed by atoms with E-state index < -0.39 is 0 Å². The van der Waals surface area contributed by atoms with Crippen LogP contribution in [0, 0.1) is 0 Å². The average molecular weight is 262 g/mol. The van der Waals surface area contributed by atoms with Crippen LogP contribution in [0.1, 0.15) is 37.2 Å². The van der Waals surface area contributed by atoms with Gasteiger partial charge in [0.1, 0.15) is 5.75 Å². The summed E-state index contributed by atoms with van der Waals surface area (Å²) in [7, 11) is 1.70. The Morgan fingerprint density at radius 3 is 2.67 bits per heavy atom. The Balaban J connectivity index is 2.09. The zero-order chi connectivity index (χ0) is 13.0. The van der Waals surface area contributed by atoms with Gasteiger partial charge in [-0.2, -0.15) is 0 Å². The molecule has 1 heterocycles. The normalized spacial score (nSPS) is 14.2. The van der Waals surface area contributed by atoms with E-state index in [0.717, 1.165) is 11.4 Å². The molecule has 96 valence electrons. The number of ether oxygens (including phenoxy) is 1. The van der Waals surface area contributed by atoms with Crippen molar-refractivity contribution in [1.29, 1.82) is 0 Å². The molecule has 0 amide bonds. The van der Waals surface area contributed by atoms with Crippen LogP contribution in [0.2, 0.25) is 0 Å². The number of hydrogen-bond acceptors (Lipinski definition) is 4. The first-order chi connectivity index (χ1) is 8.72. The van der Waals surface area contributed by atoms with Crippen LogP contribution in [0.4, 0.5) is 0 Å². The SMILES string of the molecule is COc1ccccc1[C@H](C)NC(C)c1cscn1. The summed E-state index contributed by atoms with van der Waals surface area (Å²) in [4.78, 5) is 4.33. The van der Waals surface area contributed by atoms with Crippen molar-refractivity contribution in [1.82, 2.24) is 10.3 Å². The molecule has 0 bridgehead atoms. The highest BCUT2D eigenvalue weighted by Crippen LogP contribution is 2.26. The fourth-order valence-electron chi connectivity index (χ4n) is 2.01. The van der Waals surface area contributed by atoms with Gasteiger partial charge < -0.3 is 10.1 Å². The molecule has 2 aromatic rings. The van der Waals surface area contributed by atoms with Gasteiger partial charge in [-0.15, -0.1) is 11.3 Å². The summed E-state index contributed by atoms with van der Waals surface area (Å²) < 4.78 is 5.39. The van der Waals surface area contributed by atoms with Gasteiger partial charge in [0, 0.05) is 23.0 Å². The van der Waals surface area contributed by atoms with Gasteiger partial charge in [-0.1, -0.05) is 18.2 Å². The lowest BCUT2D eigenvalue weighted by Crippen LogP contribution is -2.23. The largest absolute Gasteiger partial charge is 0.496 e. The summed E-state index contributed by atoms with van der Waals surface area (Å²) in [6.07, 6.45) is 0. The van der Waals surface area contributed by atoms with Crippen LogP contribution in [-0.2, 0) is 0 Å². The van der Waals surface area contributed by atoms with Gasteiger partial charge in [-0.3, -0.25) is 0 Å². The van der Waals surface area contributed by atoms with Gasteiger partial charge in [0.25, 0.3) is 0 Å². The molecule has 1 N–H and O–H groups in total. The van der Waals surface area contributed by atoms with Gasteiger partial charge >= 0.3 is 0 Å². The molecule has 1 aromatic heterocycles. The highest BCUT2D eigenvalue weighted by molar-refractivity contribution is 7.07. The zero-order valence-corrected chi connectivity index (χ0v) is 11.7. The third kappa shape index (κ3) is 2.89. The van der Waals surface area contributed by atoms with Crippen molar-refractivity contribution in [2.45, 2.75) is 25.9 Å². The van der Waals surface area contributed by atoms with Crippen molar-refractivity contribution in [2.75, 3.05) is 7.11 Å². The third-order valence-corrected chi connectivity index (χ3v) is 3.61. The van der Waals surface area contributed by atoms with Gasteiger partial charge in [-0.25, -0.2) is 4.98 Å². The van der Waals surface area contributed by atoms with E-state index in [1.165, 1.54) is 5.56 Å². The van der Waals surface area contributed by atoms with Crippen LogP contribution in [0.25, 0.3) is 0 Å². The minimum atomic E-state index is 0.220. The second kappa shape index (κ2) is 5.98. The van der Waals surface area contributed by atoms with Crippen molar-refractivity contribution >= 4 is 11.3 Å². The number of nitrogens with one attached hydrogen (secondary N) is 1. The van der Waals surface area contributed by atoms with Crippen LogP contribution in [0.3, 0.4) is 0 Å². The van der Waals surface area contributed by atoms with E-state index in [1.807, 2.05) is 23.7 Å². The summed E-state index contributed by atoms with van der Waals surface area (Å²) in [6.45, 7) is 4.27. The first-order valence-corrected chi connectivity index (χ1v) is 6.93. The number of methoxy groups -OCH3 is 1. The van der Waals surface area contributed by atoms with Crippen LogP contribution in [-0.4, -0.2) is 12.1 Å². The molecule has 1 aromatic carbocycles. The smallest absolute Gasteiger partial charge is 0.123 e. The molecule has 2 atom stereocenters. The van der Waals surface area contributed by atoms with Crippen LogP contribution < -0.4 is 10.1 Å². The maximum Gasteiger partial charge on any atom is 0.123 e. The highest BCUT2D eigenvalue weighted by Gasteiger charge is 2.15. The van der Waals surface area contributed by atoms with Crippen molar-refractivity contribution in [3.8, 4) is 5.75 Å². The van der Waals surface area contributed by atoms with Gasteiger partial charge in [0.05, 0.1) is 18.3 Å². The van der Waals surface area contributed by atoms with E-state index in [9.17, 15) is 0 Å². The van der Waals surface area contributed by atoms with Crippen molar-refractivity contribution in [3.05, 3.63) is 46.4 Å². The predicted molar refractivity (Wildman–Crippen MR) is 75.1 cm³/mol. The molecule has 0 aliphatic rings. The number of thiazole rings is 1. The summed E-state index contributed by atoms with van der Waals surface area (Å²) >= 11 is 1.62. The number of benzene rings is 1. The molecular weight excluding hydrogens is 244 g/mol. The number of para-hydroxylation sites is 1. The Hall–Kier alpha value is -1.39. The van der Waals surface area contributed by atoms with Crippen molar-refractivity contribution in [3.63, 3.8) is 0 Å². The molecule has 0 radical (unpaired) electrons. The highest BCUT2D eigenvalue weighted by atomic mass is 32.1. The topological polar surface area (TPSA) is 34.1 Å². The molecule has 18 heavy (non-hydrogen) atoms. The van der Waals surface area contributed by atoms with Crippen LogP contribution in [0.5, 0.6) is 5.75 Å². The molecule has 0 aliphatic heterocycles. The molecule has 0 aliphatic carbocycles. The number of nitrogens with zero attached hydrogens (tertiary/aromatic N) is 1. The lowest BCUT2D eigenvalue weighted by molar-refractivity contribution is 0.396. The monoisotopic (exact) mass is 262 g/mol. The quantitative estimate of drug-likeness (QED) is 0.894. The number of hydrogen-bond donors (Lipinski definition) is 1. The van der Waals surface area contributed by atoms with E-state index in [0.29, 0.717) is 0 Å². The van der Waals surface area contributed by atoms with Crippen molar-refractivity contribution in [2.24, 2.45) is 0 Å². The minimum Gasteiger partial charge on any atom is -0.496 e. The van der Waals surface area contributed by atoms with E-state index in [1.54, 1.807) is 18.4 Å². The molecule has 0 fully saturated rings. The van der Waals surface area contributed by atoms with Crippen LogP contribution >= 0.6 is 11.3 Å². The average Bonchev–Trinajstić information content (AvgIpc) is 2.92. The Bertz CT molecular complexity index is 484. The lowest BCUT2D eigenvalue weighted by atomic mass is 10.1. The Morgan fingerprint density at radius 2 is 2.00 bits per heavy atom. The summed E-state index contributed by atoms with van der Waals surface area (Å²) in [5.74, 6) is 0.919. The molecular formula is C14H18N2OS. The summed E-state index contributed by atoms with van der Waals surface area (Å²) in [5, 5.41) is 5.61. The minimum absolute atomic E-state index is 0.220. The van der Waals surface area contributed by atoms with E-state index in [-0.39, 0.29) is 12.1 Å². The fraction of sp³-hybridized carbons (Fsp3) is 0.357. The molecule has 0 saturated heterocycles. The second-order valence-electron chi connectivity index (χ2n) is 4.27. The maximum atomic E-state index is 5.39. The zero-order valence-electron chi connectivity index (χ0n) is 10.9. The van der Waals surface area contributed by atoms with Gasteiger partial charge in [0.15, 0.2) is 0 Å². The first-order valence-electron chi connectivity index (χ1n) is 5.99. The molecule has 3 nitrogen and oxygen atoms in total. The van der Waals surface area contributed by atoms with E-state index in [4.69, 9.17) is 4.74 Å². The van der Waals surface area contributed by atoms with Crippen LogP contribution in [0.15, 0.2) is 35.2 Å². The van der Waals surface area contributed by atoms with E-state index in [2.05, 4.69) is 35.6 Å². The predicted octanol–water partition coefficient (Wildman–Crippen LogP) is 3.56. The molecule has 4 heteroatoms. The number of aromatic nitrogens is 1. The third-order valence-electron chi connectivity index (χ3n) is 3.00. The Morgan fingerprint density at radius 1 is 1.22 bits per heavy atom.